The lowest BCUT2D eigenvalue weighted by atomic mass is 10.2. The molecule has 2 aromatic carbocycles. The number of nitrogens with one attached hydrogen (secondary N) is 1. The number of amides is 1. The molecule has 1 N–H and O–H groups in total. The fourth-order valence-corrected chi connectivity index (χ4v) is 3.71. The fourth-order valence-electron chi connectivity index (χ4n) is 2.62. The van der Waals surface area contributed by atoms with Crippen molar-refractivity contribution in [2.24, 2.45) is 0 Å². The largest absolute Gasteiger partial charge is 0.573 e. The van der Waals surface area contributed by atoms with E-state index in [1.807, 2.05) is 0 Å². The Balaban J connectivity index is 1.92. The van der Waals surface area contributed by atoms with Gasteiger partial charge in [0.05, 0.1) is 17.3 Å². The first-order valence-corrected chi connectivity index (χ1v) is 9.95. The zero-order chi connectivity index (χ0) is 23.7. The summed E-state index contributed by atoms with van der Waals surface area (Å²) in [5.74, 6) is -3.21. The van der Waals surface area contributed by atoms with E-state index in [1.54, 1.807) is 10.8 Å². The van der Waals surface area contributed by atoms with Gasteiger partial charge in [0, 0.05) is 0 Å². The van der Waals surface area contributed by atoms with Crippen molar-refractivity contribution in [3.05, 3.63) is 65.2 Å². The third kappa shape index (κ3) is 4.67. The summed E-state index contributed by atoms with van der Waals surface area (Å²) in [6.45, 7) is 1.29. The van der Waals surface area contributed by atoms with E-state index in [0.717, 1.165) is 35.0 Å². The number of alkyl halides is 3. The van der Waals surface area contributed by atoms with Crippen molar-refractivity contribution in [2.45, 2.75) is 18.2 Å². The summed E-state index contributed by atoms with van der Waals surface area (Å²) in [5, 5.41) is 15.9. The highest BCUT2D eigenvalue weighted by atomic mass is 32.2. The molecule has 0 unspecified atom stereocenters. The zero-order valence-electron chi connectivity index (χ0n) is 15.9. The highest BCUT2D eigenvalue weighted by Gasteiger charge is 2.34. The molecule has 3 aromatic rings. The van der Waals surface area contributed by atoms with E-state index in [0.29, 0.717) is 0 Å². The molecule has 0 atom stereocenters. The second kappa shape index (κ2) is 8.27. The van der Waals surface area contributed by atoms with Gasteiger partial charge in [-0.15, -0.1) is 18.3 Å². The molecule has 0 spiro atoms. The first kappa shape index (κ1) is 22.7. The van der Waals surface area contributed by atoms with Gasteiger partial charge < -0.3 is 4.74 Å². The molecule has 0 fully saturated rings. The molecular formula is C18H11F4N5O4S. The number of para-hydroxylation sites is 1. The standard InChI is InChI=1S/C18H11F4N5O4S/c1-10-16(24-26-27(10)13-7-6-11(9-23)8-12(13)19)17(28)25-32(29,30)15-5-3-2-4-14(15)31-18(20,21)22/h2-8H,1H3,(H,25,28). The van der Waals surface area contributed by atoms with E-state index < -0.39 is 44.4 Å². The topological polar surface area (TPSA) is 127 Å². The number of carbonyl (C=O) groups excluding carboxylic acids is 1. The summed E-state index contributed by atoms with van der Waals surface area (Å²) < 4.78 is 83.1. The molecule has 1 heterocycles. The van der Waals surface area contributed by atoms with Crippen LogP contribution >= 0.6 is 0 Å². The van der Waals surface area contributed by atoms with Gasteiger partial charge in [0.25, 0.3) is 15.9 Å². The number of benzene rings is 2. The molecule has 0 aliphatic rings. The number of halogens is 4. The van der Waals surface area contributed by atoms with Gasteiger partial charge in [-0.05, 0) is 37.3 Å². The third-order valence-electron chi connectivity index (χ3n) is 4.01. The number of sulfonamides is 1. The van der Waals surface area contributed by atoms with Crippen LogP contribution in [0.3, 0.4) is 0 Å². The molecule has 1 aromatic heterocycles. The van der Waals surface area contributed by atoms with Gasteiger partial charge in [-0.1, -0.05) is 17.3 Å². The Morgan fingerprint density at radius 2 is 1.91 bits per heavy atom. The smallest absolute Gasteiger partial charge is 0.404 e. The van der Waals surface area contributed by atoms with Crippen LogP contribution in [0.5, 0.6) is 5.75 Å². The fraction of sp³-hybridized carbons (Fsp3) is 0.111. The number of nitriles is 1. The Hall–Kier alpha value is -3.99. The van der Waals surface area contributed by atoms with E-state index in [9.17, 15) is 30.8 Å². The van der Waals surface area contributed by atoms with Crippen molar-refractivity contribution in [3.8, 4) is 17.5 Å². The lowest BCUT2D eigenvalue weighted by molar-refractivity contribution is -0.275. The number of hydrogen-bond acceptors (Lipinski definition) is 7. The maximum absolute atomic E-state index is 14.2. The van der Waals surface area contributed by atoms with Gasteiger partial charge in [0.2, 0.25) is 0 Å². The van der Waals surface area contributed by atoms with Crippen molar-refractivity contribution >= 4 is 15.9 Å². The van der Waals surface area contributed by atoms with Crippen LogP contribution in [0.2, 0.25) is 0 Å². The van der Waals surface area contributed by atoms with E-state index >= 15 is 0 Å². The highest BCUT2D eigenvalue weighted by molar-refractivity contribution is 7.90. The van der Waals surface area contributed by atoms with Crippen LogP contribution in [0.15, 0.2) is 47.4 Å². The number of aromatic nitrogens is 3. The molecular weight excluding hydrogens is 458 g/mol. The maximum atomic E-state index is 14.2. The molecule has 3 rings (SSSR count). The molecule has 0 aliphatic heterocycles. The van der Waals surface area contributed by atoms with Crippen LogP contribution in [0.1, 0.15) is 21.7 Å². The van der Waals surface area contributed by atoms with Crippen LogP contribution in [-0.2, 0) is 10.0 Å². The van der Waals surface area contributed by atoms with Crippen LogP contribution < -0.4 is 9.46 Å². The van der Waals surface area contributed by atoms with Gasteiger partial charge >= 0.3 is 6.36 Å². The Morgan fingerprint density at radius 3 is 2.53 bits per heavy atom. The van der Waals surface area contributed by atoms with Crippen molar-refractivity contribution in [2.75, 3.05) is 0 Å². The van der Waals surface area contributed by atoms with Crippen LogP contribution in [0.4, 0.5) is 17.6 Å². The minimum absolute atomic E-state index is 0.0350. The number of ether oxygens (including phenoxy) is 1. The summed E-state index contributed by atoms with van der Waals surface area (Å²) >= 11 is 0. The average molecular weight is 469 g/mol. The molecule has 0 saturated heterocycles. The molecule has 166 valence electrons. The Bertz CT molecular complexity index is 1350. The van der Waals surface area contributed by atoms with E-state index in [1.165, 1.54) is 19.1 Å². The van der Waals surface area contributed by atoms with Crippen LogP contribution in [0.25, 0.3) is 5.69 Å². The normalized spacial score (nSPS) is 11.6. The monoisotopic (exact) mass is 469 g/mol. The predicted octanol–water partition coefficient (Wildman–Crippen LogP) is 2.60. The van der Waals surface area contributed by atoms with Crippen molar-refractivity contribution in [1.29, 1.82) is 5.26 Å². The molecule has 0 saturated carbocycles. The summed E-state index contributed by atoms with van der Waals surface area (Å²) in [6.07, 6.45) is -5.17. The van der Waals surface area contributed by atoms with Gasteiger partial charge in [-0.2, -0.15) is 5.26 Å². The van der Waals surface area contributed by atoms with Crippen LogP contribution in [-0.4, -0.2) is 35.7 Å². The maximum Gasteiger partial charge on any atom is 0.573 e. The Kier molecular flexibility index (Phi) is 5.86. The van der Waals surface area contributed by atoms with Gasteiger partial charge in [-0.25, -0.2) is 22.2 Å². The average Bonchev–Trinajstić information content (AvgIpc) is 3.08. The second-order valence-corrected chi connectivity index (χ2v) is 7.79. The van der Waals surface area contributed by atoms with Crippen molar-refractivity contribution in [1.82, 2.24) is 19.7 Å². The van der Waals surface area contributed by atoms with E-state index in [4.69, 9.17) is 5.26 Å². The van der Waals surface area contributed by atoms with Crippen molar-refractivity contribution in [3.63, 3.8) is 0 Å². The summed E-state index contributed by atoms with van der Waals surface area (Å²) in [6, 6.07) is 9.01. The molecule has 14 heteroatoms. The van der Waals surface area contributed by atoms with E-state index in [2.05, 4.69) is 15.0 Å². The minimum atomic E-state index is -5.17. The number of carbonyl (C=O) groups is 1. The quantitative estimate of drug-likeness (QED) is 0.569. The molecule has 0 radical (unpaired) electrons. The first-order chi connectivity index (χ1) is 14.9. The zero-order valence-corrected chi connectivity index (χ0v) is 16.7. The number of nitrogens with zero attached hydrogens (tertiary/aromatic N) is 4. The molecule has 1 amide bonds. The van der Waals surface area contributed by atoms with Gasteiger partial charge in [0.1, 0.15) is 22.1 Å². The SMILES string of the molecule is Cc1c(C(=O)NS(=O)(=O)c2ccccc2OC(F)(F)F)nnn1-c1ccc(C#N)cc1F. The molecule has 0 aliphatic carbocycles. The molecule has 32 heavy (non-hydrogen) atoms. The molecule has 9 nitrogen and oxygen atoms in total. The number of rotatable bonds is 5. The van der Waals surface area contributed by atoms with Crippen LogP contribution in [0, 0.1) is 24.1 Å². The lowest BCUT2D eigenvalue weighted by Gasteiger charge is -2.13. The number of hydrogen-bond donors (Lipinski definition) is 1. The Morgan fingerprint density at radius 1 is 1.22 bits per heavy atom. The highest BCUT2D eigenvalue weighted by Crippen LogP contribution is 2.29. The summed E-state index contributed by atoms with van der Waals surface area (Å²) in [4.78, 5) is 11.5. The minimum Gasteiger partial charge on any atom is -0.404 e. The molecule has 0 bridgehead atoms. The second-order valence-electron chi connectivity index (χ2n) is 6.14. The third-order valence-corrected chi connectivity index (χ3v) is 5.38. The first-order valence-electron chi connectivity index (χ1n) is 8.47. The van der Waals surface area contributed by atoms with Gasteiger partial charge in [-0.3, -0.25) is 4.79 Å². The Labute approximate surface area is 177 Å². The summed E-state index contributed by atoms with van der Waals surface area (Å²) in [7, 11) is -4.81. The predicted molar refractivity (Wildman–Crippen MR) is 98.5 cm³/mol. The van der Waals surface area contributed by atoms with Gasteiger partial charge in [0.15, 0.2) is 5.69 Å². The van der Waals surface area contributed by atoms with Crippen molar-refractivity contribution < 1.29 is 35.5 Å². The van der Waals surface area contributed by atoms with E-state index in [-0.39, 0.29) is 16.9 Å². The summed E-state index contributed by atoms with van der Waals surface area (Å²) in [5.41, 5.74) is -0.722. The lowest BCUT2D eigenvalue weighted by Crippen LogP contribution is -2.32.